The molecule has 3 aliphatic carbocycles. The van der Waals surface area contributed by atoms with Crippen molar-refractivity contribution in [3.8, 4) is 0 Å². The van der Waals surface area contributed by atoms with E-state index in [0.717, 1.165) is 27.2 Å². The topological polar surface area (TPSA) is 77.5 Å². The van der Waals surface area contributed by atoms with Crippen molar-refractivity contribution in [1.29, 1.82) is 0 Å². The molecule has 6 rings (SSSR count). The first-order valence-corrected chi connectivity index (χ1v) is 8.82. The fourth-order valence-electron chi connectivity index (χ4n) is 5.16. The van der Waals surface area contributed by atoms with Gasteiger partial charge in [0.25, 0.3) is 0 Å². The molecule has 2 aromatic rings. The van der Waals surface area contributed by atoms with Gasteiger partial charge in [-0.25, -0.2) is 0 Å². The largest absolute Gasteiger partial charge is 0.550 e. The number of imide groups is 1. The fraction of sp³-hybridized carbons (Fsp3) is 0.286. The lowest BCUT2D eigenvalue weighted by Gasteiger charge is -2.45. The van der Waals surface area contributed by atoms with Gasteiger partial charge in [0, 0.05) is 30.8 Å². The molecule has 130 valence electrons. The molecular formula is C21H16NO4-. The van der Waals surface area contributed by atoms with Gasteiger partial charge in [0.2, 0.25) is 11.8 Å². The van der Waals surface area contributed by atoms with Gasteiger partial charge in [0.15, 0.2) is 0 Å². The maximum absolute atomic E-state index is 13.1. The van der Waals surface area contributed by atoms with Gasteiger partial charge in [-0.3, -0.25) is 14.5 Å². The predicted molar refractivity (Wildman–Crippen MR) is 89.9 cm³/mol. The van der Waals surface area contributed by atoms with E-state index < -0.39 is 17.8 Å². The zero-order valence-corrected chi connectivity index (χ0v) is 13.9. The molecule has 0 radical (unpaired) electrons. The first-order chi connectivity index (χ1) is 12.6. The van der Waals surface area contributed by atoms with Crippen LogP contribution in [0.4, 0.5) is 0 Å². The van der Waals surface area contributed by atoms with Crippen LogP contribution in [0.15, 0.2) is 48.5 Å². The first kappa shape index (κ1) is 15.3. The van der Waals surface area contributed by atoms with E-state index in [4.69, 9.17) is 0 Å². The highest BCUT2D eigenvalue weighted by Gasteiger charge is 2.61. The Hall–Kier alpha value is -2.95. The van der Waals surface area contributed by atoms with E-state index in [2.05, 4.69) is 0 Å². The molecule has 0 spiro atoms. The second-order valence-corrected chi connectivity index (χ2v) is 7.21. The number of carboxylic acid groups (broad SMARTS) is 1. The van der Waals surface area contributed by atoms with Crippen molar-refractivity contribution < 1.29 is 19.5 Å². The van der Waals surface area contributed by atoms with Crippen LogP contribution in [0, 0.1) is 11.8 Å². The van der Waals surface area contributed by atoms with E-state index in [1.165, 1.54) is 0 Å². The van der Waals surface area contributed by atoms with Crippen molar-refractivity contribution in [2.24, 2.45) is 11.8 Å². The summed E-state index contributed by atoms with van der Waals surface area (Å²) in [4.78, 5) is 38.1. The molecule has 1 aliphatic heterocycles. The summed E-state index contributed by atoms with van der Waals surface area (Å²) in [7, 11) is 0. The number of likely N-dealkylation sites (tertiary alicyclic amines) is 1. The summed E-state index contributed by atoms with van der Waals surface area (Å²) >= 11 is 0. The standard InChI is InChI=1S/C21H17NO4/c23-15(24)9-10-22-20(25)18-16-11-5-1-2-6-12(11)17(19(18)21(22)26)14-8-4-3-7-13(14)16/h1-8,16-19H,9-10H2,(H,23,24)/p-1. The molecule has 5 nitrogen and oxygen atoms in total. The summed E-state index contributed by atoms with van der Waals surface area (Å²) in [5.41, 5.74) is 4.45. The lowest BCUT2D eigenvalue weighted by atomic mass is 9.55. The summed E-state index contributed by atoms with van der Waals surface area (Å²) < 4.78 is 0. The maximum Gasteiger partial charge on any atom is 0.234 e. The molecule has 5 heteroatoms. The number of carbonyl (C=O) groups is 3. The second-order valence-electron chi connectivity index (χ2n) is 7.21. The van der Waals surface area contributed by atoms with E-state index in [-0.39, 0.29) is 36.6 Å². The van der Waals surface area contributed by atoms with Crippen molar-refractivity contribution in [2.45, 2.75) is 18.3 Å². The number of carboxylic acids is 1. The first-order valence-electron chi connectivity index (χ1n) is 8.82. The van der Waals surface area contributed by atoms with Crippen molar-refractivity contribution in [1.82, 2.24) is 4.90 Å². The minimum absolute atomic E-state index is 0.112. The van der Waals surface area contributed by atoms with Crippen molar-refractivity contribution in [3.63, 3.8) is 0 Å². The number of hydrogen-bond acceptors (Lipinski definition) is 4. The van der Waals surface area contributed by atoms with Gasteiger partial charge >= 0.3 is 0 Å². The number of rotatable bonds is 3. The Morgan fingerprint density at radius 1 is 0.808 bits per heavy atom. The minimum Gasteiger partial charge on any atom is -0.550 e. The van der Waals surface area contributed by atoms with Gasteiger partial charge in [-0.2, -0.15) is 0 Å². The van der Waals surface area contributed by atoms with Crippen LogP contribution in [0.1, 0.15) is 40.5 Å². The van der Waals surface area contributed by atoms with Crippen molar-refractivity contribution in [3.05, 3.63) is 70.8 Å². The normalized spacial score (nSPS) is 27.9. The van der Waals surface area contributed by atoms with E-state index in [1.54, 1.807) is 0 Å². The number of amides is 2. The van der Waals surface area contributed by atoms with Crippen LogP contribution in [0.2, 0.25) is 0 Å². The average molecular weight is 346 g/mol. The van der Waals surface area contributed by atoms with Crippen LogP contribution in [0.5, 0.6) is 0 Å². The van der Waals surface area contributed by atoms with Crippen molar-refractivity contribution >= 4 is 17.8 Å². The molecule has 1 fully saturated rings. The maximum atomic E-state index is 13.1. The zero-order valence-electron chi connectivity index (χ0n) is 13.9. The summed E-state index contributed by atoms with van der Waals surface area (Å²) in [5, 5.41) is 10.8. The molecule has 2 amide bonds. The molecule has 2 unspecified atom stereocenters. The van der Waals surface area contributed by atoms with Gasteiger partial charge in [0.05, 0.1) is 11.8 Å². The van der Waals surface area contributed by atoms with Crippen LogP contribution in [-0.2, 0) is 14.4 Å². The Kier molecular flexibility index (Phi) is 3.11. The third kappa shape index (κ3) is 1.83. The summed E-state index contributed by atoms with van der Waals surface area (Å²) in [6.45, 7) is -0.112. The number of nitrogens with zero attached hydrogens (tertiary/aromatic N) is 1. The van der Waals surface area contributed by atoms with Crippen molar-refractivity contribution in [2.75, 3.05) is 6.54 Å². The molecule has 1 heterocycles. The molecule has 0 N–H and O–H groups in total. The van der Waals surface area contributed by atoms with Gasteiger partial charge < -0.3 is 9.90 Å². The molecule has 2 bridgehead atoms. The smallest absolute Gasteiger partial charge is 0.234 e. The van der Waals surface area contributed by atoms with Gasteiger partial charge in [-0.05, 0) is 22.3 Å². The molecule has 0 saturated carbocycles. The number of hydrogen-bond donors (Lipinski definition) is 0. The Morgan fingerprint density at radius 2 is 1.19 bits per heavy atom. The Bertz CT molecular complexity index is 850. The lowest BCUT2D eigenvalue weighted by molar-refractivity contribution is -0.305. The van der Waals surface area contributed by atoms with Crippen LogP contribution >= 0.6 is 0 Å². The summed E-state index contributed by atoms with van der Waals surface area (Å²) in [5.74, 6) is -2.95. The van der Waals surface area contributed by atoms with Crippen LogP contribution in [-0.4, -0.2) is 29.2 Å². The second kappa shape index (κ2) is 5.27. The van der Waals surface area contributed by atoms with Gasteiger partial charge in [0.1, 0.15) is 0 Å². The van der Waals surface area contributed by atoms with E-state index in [9.17, 15) is 19.5 Å². The molecule has 26 heavy (non-hydrogen) atoms. The van der Waals surface area contributed by atoms with Crippen LogP contribution in [0.25, 0.3) is 0 Å². The molecule has 4 aliphatic rings. The lowest BCUT2D eigenvalue weighted by Crippen LogP contribution is -2.41. The molecule has 2 atom stereocenters. The number of aliphatic carboxylic acids is 1. The van der Waals surface area contributed by atoms with Crippen LogP contribution in [0.3, 0.4) is 0 Å². The summed E-state index contributed by atoms with van der Waals surface area (Å²) in [6.07, 6.45) is -0.327. The Morgan fingerprint density at radius 3 is 1.54 bits per heavy atom. The molecule has 2 aromatic carbocycles. The highest BCUT2D eigenvalue weighted by Crippen LogP contribution is 2.60. The quantitative estimate of drug-likeness (QED) is 0.778. The minimum atomic E-state index is -1.25. The van der Waals surface area contributed by atoms with Crippen LogP contribution < -0.4 is 5.11 Å². The van der Waals surface area contributed by atoms with Gasteiger partial charge in [-0.15, -0.1) is 0 Å². The highest BCUT2D eigenvalue weighted by molar-refractivity contribution is 6.07. The van der Waals surface area contributed by atoms with E-state index in [0.29, 0.717) is 0 Å². The third-order valence-electron chi connectivity index (χ3n) is 6.08. The Balaban J connectivity index is 1.67. The molecule has 1 saturated heterocycles. The number of carbonyl (C=O) groups excluding carboxylic acids is 3. The predicted octanol–water partition coefficient (Wildman–Crippen LogP) is 1.02. The van der Waals surface area contributed by atoms with E-state index >= 15 is 0 Å². The number of benzene rings is 2. The Labute approximate surface area is 150 Å². The average Bonchev–Trinajstić information content (AvgIpc) is 2.91. The highest BCUT2D eigenvalue weighted by atomic mass is 16.4. The third-order valence-corrected chi connectivity index (χ3v) is 6.08. The monoisotopic (exact) mass is 346 g/mol. The molecular weight excluding hydrogens is 330 g/mol. The van der Waals surface area contributed by atoms with Gasteiger partial charge in [-0.1, -0.05) is 48.5 Å². The summed E-state index contributed by atoms with van der Waals surface area (Å²) in [6, 6.07) is 16.0. The SMILES string of the molecule is O=C([O-])CCN1C(=O)C2C3c4ccccc4C(c4ccccc43)C2C1=O. The zero-order chi connectivity index (χ0) is 18.0. The fourth-order valence-corrected chi connectivity index (χ4v) is 5.16. The van der Waals surface area contributed by atoms with E-state index in [1.807, 2.05) is 48.5 Å². The molecule has 0 aromatic heterocycles.